The molecule has 4 nitrogen and oxygen atoms in total. The highest BCUT2D eigenvalue weighted by atomic mass is 16.5. The molecule has 0 spiro atoms. The van der Waals surface area contributed by atoms with E-state index in [1.807, 2.05) is 24.3 Å². The van der Waals surface area contributed by atoms with Gasteiger partial charge in [-0.1, -0.05) is 55.5 Å². The summed E-state index contributed by atoms with van der Waals surface area (Å²) in [6.07, 6.45) is 1.53. The van der Waals surface area contributed by atoms with Gasteiger partial charge in [0.15, 0.2) is 0 Å². The fourth-order valence-electron chi connectivity index (χ4n) is 5.31. The highest BCUT2D eigenvalue weighted by Gasteiger charge is 2.34. The van der Waals surface area contributed by atoms with Gasteiger partial charge in [-0.3, -0.25) is 0 Å². The highest BCUT2D eigenvalue weighted by molar-refractivity contribution is 6.07. The monoisotopic (exact) mass is 428 g/mol. The second-order valence-corrected chi connectivity index (χ2v) is 9.31. The van der Waals surface area contributed by atoms with Crippen LogP contribution in [-0.4, -0.2) is 41.3 Å². The van der Waals surface area contributed by atoms with E-state index >= 15 is 0 Å². The molecule has 1 unspecified atom stereocenters. The van der Waals surface area contributed by atoms with E-state index in [-0.39, 0.29) is 0 Å². The molecule has 32 heavy (non-hydrogen) atoms. The van der Waals surface area contributed by atoms with Gasteiger partial charge in [0.2, 0.25) is 0 Å². The van der Waals surface area contributed by atoms with Crippen LogP contribution >= 0.6 is 0 Å². The lowest BCUT2D eigenvalue weighted by Crippen LogP contribution is -2.44. The number of methoxy groups -OCH3 is 1. The van der Waals surface area contributed by atoms with Crippen LogP contribution in [0, 0.1) is 5.92 Å². The molecule has 0 saturated carbocycles. The molecule has 3 aromatic carbocycles. The van der Waals surface area contributed by atoms with Crippen molar-refractivity contribution in [3.63, 3.8) is 0 Å². The van der Waals surface area contributed by atoms with Gasteiger partial charge >= 0.3 is 0 Å². The molecule has 4 aromatic rings. The van der Waals surface area contributed by atoms with Gasteiger partial charge in [0.1, 0.15) is 5.75 Å². The van der Waals surface area contributed by atoms with Gasteiger partial charge in [-0.25, -0.2) is 0 Å². The van der Waals surface area contributed by atoms with Crippen LogP contribution in [0.5, 0.6) is 5.75 Å². The third-order valence-electron chi connectivity index (χ3n) is 7.05. The molecule has 1 fully saturated rings. The van der Waals surface area contributed by atoms with Crippen molar-refractivity contribution in [2.45, 2.75) is 31.9 Å². The number of rotatable bonds is 6. The first-order chi connectivity index (χ1) is 15.6. The molecular formula is C28H32N2O2. The number of fused-ring (bicyclic) bond motifs is 3. The second kappa shape index (κ2) is 8.61. The quantitative estimate of drug-likeness (QED) is 0.445. The fraction of sp³-hybridized carbons (Fsp3) is 0.357. The van der Waals surface area contributed by atoms with Gasteiger partial charge in [0.25, 0.3) is 0 Å². The summed E-state index contributed by atoms with van der Waals surface area (Å²) < 4.78 is 7.73. The Morgan fingerprint density at radius 1 is 0.844 bits per heavy atom. The summed E-state index contributed by atoms with van der Waals surface area (Å²) in [5.74, 6) is 1.34. The Bertz CT molecular complexity index is 1150. The van der Waals surface area contributed by atoms with Crippen molar-refractivity contribution in [3.05, 3.63) is 78.4 Å². The number of benzene rings is 3. The van der Waals surface area contributed by atoms with Crippen LogP contribution in [0.25, 0.3) is 21.8 Å². The molecule has 0 bridgehead atoms. The maximum Gasteiger partial charge on any atom is 0.118 e. The summed E-state index contributed by atoms with van der Waals surface area (Å²) in [6, 6.07) is 25.3. The summed E-state index contributed by atoms with van der Waals surface area (Å²) in [5.41, 5.74) is 2.89. The lowest BCUT2D eigenvalue weighted by atomic mass is 9.84. The average molecular weight is 429 g/mol. The molecule has 4 heteroatoms. The summed E-state index contributed by atoms with van der Waals surface area (Å²) in [5, 5.41) is 13.9. The van der Waals surface area contributed by atoms with Gasteiger partial charge in [-0.15, -0.1) is 0 Å². The molecule has 1 aliphatic heterocycles. The van der Waals surface area contributed by atoms with Gasteiger partial charge in [0, 0.05) is 48.0 Å². The van der Waals surface area contributed by atoms with Crippen LogP contribution in [0.3, 0.4) is 0 Å². The van der Waals surface area contributed by atoms with E-state index in [9.17, 15) is 5.11 Å². The normalized spacial score (nSPS) is 17.6. The summed E-state index contributed by atoms with van der Waals surface area (Å²) in [6.45, 7) is 6.21. The van der Waals surface area contributed by atoms with Crippen molar-refractivity contribution in [3.8, 4) is 5.75 Å². The molecule has 1 atom stereocenters. The minimum atomic E-state index is -0.737. The standard InChI is InChI=1S/C28H32N2O2/c1-21(20-30-26-9-5-3-7-24(26)25-8-4-6-10-27(25)30)19-29-17-15-28(31,16-18-29)22-11-13-23(32-2)14-12-22/h3-14,21,31H,15-20H2,1-2H3. The minimum Gasteiger partial charge on any atom is -0.497 e. The first-order valence-corrected chi connectivity index (χ1v) is 11.6. The van der Waals surface area contributed by atoms with E-state index in [2.05, 4.69) is 64.9 Å². The first-order valence-electron chi connectivity index (χ1n) is 11.6. The van der Waals surface area contributed by atoms with Crippen LogP contribution in [0.15, 0.2) is 72.8 Å². The van der Waals surface area contributed by atoms with Crippen LogP contribution in [0.4, 0.5) is 0 Å². The molecule has 1 saturated heterocycles. The molecule has 1 N–H and O–H groups in total. The number of likely N-dealkylation sites (tertiary alicyclic amines) is 1. The van der Waals surface area contributed by atoms with E-state index < -0.39 is 5.60 Å². The Labute approximate surface area is 190 Å². The Hall–Kier alpha value is -2.82. The Kier molecular flexibility index (Phi) is 5.66. The van der Waals surface area contributed by atoms with Gasteiger partial charge < -0.3 is 19.3 Å². The first kappa shape index (κ1) is 21.0. The van der Waals surface area contributed by atoms with Crippen LogP contribution in [-0.2, 0) is 12.1 Å². The van der Waals surface area contributed by atoms with Gasteiger partial charge in [0.05, 0.1) is 12.7 Å². The highest BCUT2D eigenvalue weighted by Crippen LogP contribution is 2.34. The van der Waals surface area contributed by atoms with Gasteiger partial charge in [-0.05, 0) is 48.6 Å². The van der Waals surface area contributed by atoms with E-state index in [4.69, 9.17) is 4.74 Å². The minimum absolute atomic E-state index is 0.515. The smallest absolute Gasteiger partial charge is 0.118 e. The maximum atomic E-state index is 11.2. The van der Waals surface area contributed by atoms with Crippen molar-refractivity contribution in [1.29, 1.82) is 0 Å². The number of aliphatic hydroxyl groups is 1. The molecule has 166 valence electrons. The Balaban J connectivity index is 1.26. The Morgan fingerprint density at radius 3 is 1.97 bits per heavy atom. The number of para-hydroxylation sites is 2. The summed E-state index contributed by atoms with van der Waals surface area (Å²) >= 11 is 0. The zero-order chi connectivity index (χ0) is 22.1. The zero-order valence-corrected chi connectivity index (χ0v) is 19.0. The Morgan fingerprint density at radius 2 is 1.41 bits per heavy atom. The SMILES string of the molecule is COc1ccc(C2(O)CCN(CC(C)Cn3c4ccccc4c4ccccc43)CC2)cc1. The predicted molar refractivity (Wildman–Crippen MR) is 131 cm³/mol. The van der Waals surface area contributed by atoms with E-state index in [1.165, 1.54) is 21.8 Å². The molecule has 1 aromatic heterocycles. The van der Waals surface area contributed by atoms with E-state index in [0.717, 1.165) is 50.3 Å². The van der Waals surface area contributed by atoms with E-state index in [1.54, 1.807) is 7.11 Å². The maximum absolute atomic E-state index is 11.2. The number of nitrogens with zero attached hydrogens (tertiary/aromatic N) is 2. The van der Waals surface area contributed by atoms with Crippen molar-refractivity contribution in [1.82, 2.24) is 9.47 Å². The van der Waals surface area contributed by atoms with Crippen molar-refractivity contribution in [2.24, 2.45) is 5.92 Å². The molecule has 0 radical (unpaired) electrons. The molecule has 2 heterocycles. The second-order valence-electron chi connectivity index (χ2n) is 9.31. The largest absolute Gasteiger partial charge is 0.497 e. The summed E-state index contributed by atoms with van der Waals surface area (Å²) in [7, 11) is 1.67. The number of hydrogen-bond acceptors (Lipinski definition) is 3. The van der Waals surface area contributed by atoms with Gasteiger partial charge in [-0.2, -0.15) is 0 Å². The molecule has 5 rings (SSSR count). The molecule has 0 amide bonds. The average Bonchev–Trinajstić information content (AvgIpc) is 3.14. The zero-order valence-electron chi connectivity index (χ0n) is 19.0. The van der Waals surface area contributed by atoms with Crippen LogP contribution < -0.4 is 4.74 Å². The molecule has 1 aliphatic rings. The van der Waals surface area contributed by atoms with Crippen LogP contribution in [0.2, 0.25) is 0 Å². The predicted octanol–water partition coefficient (Wildman–Crippen LogP) is 5.42. The topological polar surface area (TPSA) is 37.6 Å². The van der Waals surface area contributed by atoms with E-state index in [0.29, 0.717) is 5.92 Å². The third-order valence-corrected chi connectivity index (χ3v) is 7.05. The number of ether oxygens (including phenoxy) is 1. The third kappa shape index (κ3) is 3.89. The van der Waals surface area contributed by atoms with Crippen LogP contribution in [0.1, 0.15) is 25.3 Å². The number of piperidine rings is 1. The molecular weight excluding hydrogens is 396 g/mol. The number of aromatic nitrogens is 1. The van der Waals surface area contributed by atoms with Crippen molar-refractivity contribution in [2.75, 3.05) is 26.7 Å². The number of hydrogen-bond donors (Lipinski definition) is 1. The van der Waals surface area contributed by atoms with Crippen molar-refractivity contribution >= 4 is 21.8 Å². The summed E-state index contributed by atoms with van der Waals surface area (Å²) in [4.78, 5) is 2.51. The fourth-order valence-corrected chi connectivity index (χ4v) is 5.31. The molecule has 0 aliphatic carbocycles. The lowest BCUT2D eigenvalue weighted by molar-refractivity contribution is -0.0287. The van der Waals surface area contributed by atoms with Crippen molar-refractivity contribution < 1.29 is 9.84 Å². The lowest BCUT2D eigenvalue weighted by Gasteiger charge is -2.39.